The number of methoxy groups -OCH3 is 1. The monoisotopic (exact) mass is 290 g/mol. The number of amides is 1. The molecule has 0 bridgehead atoms. The number of anilines is 1. The van der Waals surface area contributed by atoms with Crippen molar-refractivity contribution in [3.63, 3.8) is 0 Å². The van der Waals surface area contributed by atoms with Gasteiger partial charge in [0, 0.05) is 11.6 Å². The van der Waals surface area contributed by atoms with Crippen LogP contribution in [0.15, 0.2) is 35.1 Å². The van der Waals surface area contributed by atoms with Crippen molar-refractivity contribution in [3.05, 3.63) is 36.1 Å². The fourth-order valence-corrected chi connectivity index (χ4v) is 1.61. The largest absolute Gasteiger partial charge is 0.493 e. The first-order chi connectivity index (χ1) is 10.1. The normalized spacial score (nSPS) is 10.0. The number of ether oxygens (including phenoxy) is 2. The van der Waals surface area contributed by atoms with Crippen molar-refractivity contribution >= 4 is 17.5 Å². The van der Waals surface area contributed by atoms with Crippen LogP contribution in [0.5, 0.6) is 11.5 Å². The lowest BCUT2D eigenvalue weighted by molar-refractivity contribution is -0.118. The molecule has 0 atom stereocenters. The average molecular weight is 290 g/mol. The molecule has 2 aromatic rings. The summed E-state index contributed by atoms with van der Waals surface area (Å²) in [6.45, 7) is 1.24. The van der Waals surface area contributed by atoms with Crippen molar-refractivity contribution in [2.45, 2.75) is 6.92 Å². The van der Waals surface area contributed by atoms with E-state index in [-0.39, 0.29) is 18.3 Å². The Morgan fingerprint density at radius 3 is 2.71 bits per heavy atom. The van der Waals surface area contributed by atoms with Gasteiger partial charge in [-0.2, -0.15) is 0 Å². The van der Waals surface area contributed by atoms with Gasteiger partial charge < -0.3 is 19.3 Å². The van der Waals surface area contributed by atoms with Gasteiger partial charge in [0.15, 0.2) is 29.7 Å². The molecule has 7 nitrogen and oxygen atoms in total. The highest BCUT2D eigenvalue weighted by molar-refractivity contribution is 5.94. The molecular weight excluding hydrogens is 276 g/mol. The quantitative estimate of drug-likeness (QED) is 0.817. The van der Waals surface area contributed by atoms with Crippen molar-refractivity contribution in [2.24, 2.45) is 0 Å². The first-order valence-electron chi connectivity index (χ1n) is 6.12. The molecule has 0 spiro atoms. The third kappa shape index (κ3) is 3.82. The summed E-state index contributed by atoms with van der Waals surface area (Å²) < 4.78 is 15.1. The van der Waals surface area contributed by atoms with Crippen molar-refractivity contribution in [2.75, 3.05) is 19.0 Å². The molecule has 1 N–H and O–H groups in total. The van der Waals surface area contributed by atoms with Gasteiger partial charge in [0.1, 0.15) is 6.26 Å². The van der Waals surface area contributed by atoms with Gasteiger partial charge in [-0.25, -0.2) is 0 Å². The molecule has 0 saturated carbocycles. The second kappa shape index (κ2) is 6.56. The van der Waals surface area contributed by atoms with E-state index in [0.717, 1.165) is 0 Å². The van der Waals surface area contributed by atoms with E-state index in [1.54, 1.807) is 18.2 Å². The summed E-state index contributed by atoms with van der Waals surface area (Å²) in [6.07, 6.45) is 1.35. The molecule has 0 aliphatic rings. The maximum atomic E-state index is 11.6. The number of hydrogen-bond donors (Lipinski definition) is 1. The Kier molecular flexibility index (Phi) is 4.55. The van der Waals surface area contributed by atoms with Crippen molar-refractivity contribution in [1.82, 2.24) is 5.16 Å². The molecule has 1 heterocycles. The number of nitrogens with one attached hydrogen (secondary N) is 1. The molecule has 2 rings (SSSR count). The Labute approximate surface area is 120 Å². The number of aromatic nitrogens is 1. The molecule has 0 fully saturated rings. The number of carbonyl (C=O) groups excluding carboxylic acids is 2. The van der Waals surface area contributed by atoms with Crippen LogP contribution in [0.25, 0.3) is 0 Å². The number of nitrogens with zero attached hydrogens (tertiary/aromatic N) is 1. The van der Waals surface area contributed by atoms with Gasteiger partial charge in [0.25, 0.3) is 5.91 Å². The maximum Gasteiger partial charge on any atom is 0.263 e. The summed E-state index contributed by atoms with van der Waals surface area (Å²) in [5.74, 6) is 0.599. The summed E-state index contributed by atoms with van der Waals surface area (Å²) >= 11 is 0. The van der Waals surface area contributed by atoms with Gasteiger partial charge in [0.05, 0.1) is 7.11 Å². The summed E-state index contributed by atoms with van der Waals surface area (Å²) in [5, 5.41) is 6.05. The van der Waals surface area contributed by atoms with Crippen LogP contribution < -0.4 is 14.8 Å². The lowest BCUT2D eigenvalue weighted by Gasteiger charge is -2.11. The molecule has 0 aliphatic carbocycles. The van der Waals surface area contributed by atoms with Crippen LogP contribution in [0, 0.1) is 0 Å². The number of carbonyl (C=O) groups is 2. The Bertz CT molecular complexity index is 637. The predicted octanol–water partition coefficient (Wildman–Crippen LogP) is 1.90. The van der Waals surface area contributed by atoms with Crippen molar-refractivity contribution in [3.8, 4) is 11.5 Å². The number of benzene rings is 1. The summed E-state index contributed by atoms with van der Waals surface area (Å²) in [4.78, 5) is 22.9. The third-order valence-corrected chi connectivity index (χ3v) is 2.63. The van der Waals surface area contributed by atoms with Crippen LogP contribution in [0.3, 0.4) is 0 Å². The third-order valence-electron chi connectivity index (χ3n) is 2.63. The van der Waals surface area contributed by atoms with Gasteiger partial charge in [-0.15, -0.1) is 0 Å². The van der Waals surface area contributed by atoms with E-state index in [1.165, 1.54) is 26.4 Å². The van der Waals surface area contributed by atoms with E-state index < -0.39 is 0 Å². The number of rotatable bonds is 6. The predicted molar refractivity (Wildman–Crippen MR) is 73.6 cm³/mol. The molecule has 7 heteroatoms. The Morgan fingerprint density at radius 2 is 2.10 bits per heavy atom. The molecule has 0 radical (unpaired) electrons. The van der Waals surface area contributed by atoms with E-state index in [1.807, 2.05) is 0 Å². The van der Waals surface area contributed by atoms with E-state index in [0.29, 0.717) is 22.9 Å². The number of Topliss-reactive ketones (excluding diaryl/α,β-unsaturated/α-hetero) is 1. The minimum atomic E-state index is -0.387. The second-order valence-corrected chi connectivity index (χ2v) is 4.14. The van der Waals surface area contributed by atoms with E-state index in [4.69, 9.17) is 9.47 Å². The van der Waals surface area contributed by atoms with Crippen molar-refractivity contribution in [1.29, 1.82) is 0 Å². The molecular formula is C14H14N2O5. The molecule has 110 valence electrons. The fourth-order valence-electron chi connectivity index (χ4n) is 1.61. The highest BCUT2D eigenvalue weighted by Crippen LogP contribution is 2.28. The topological polar surface area (TPSA) is 90.7 Å². The van der Waals surface area contributed by atoms with Gasteiger partial charge in [0.2, 0.25) is 0 Å². The standard InChI is InChI=1S/C14H14N2O5/c1-9(17)10-3-4-11(12(7-10)19-2)20-8-14(18)15-13-5-6-21-16-13/h3-7H,8H2,1-2H3,(H,15,16,18). The lowest BCUT2D eigenvalue weighted by atomic mass is 10.1. The molecule has 0 aliphatic heterocycles. The maximum absolute atomic E-state index is 11.6. The molecule has 1 aromatic heterocycles. The fraction of sp³-hybridized carbons (Fsp3) is 0.214. The summed E-state index contributed by atoms with van der Waals surface area (Å²) in [6, 6.07) is 6.27. The zero-order chi connectivity index (χ0) is 15.2. The van der Waals surface area contributed by atoms with Crippen LogP contribution in [0.2, 0.25) is 0 Å². The first-order valence-corrected chi connectivity index (χ1v) is 6.12. The van der Waals surface area contributed by atoms with Crippen molar-refractivity contribution < 1.29 is 23.6 Å². The van der Waals surface area contributed by atoms with Crippen LogP contribution in [0.4, 0.5) is 5.82 Å². The Hall–Kier alpha value is -2.83. The highest BCUT2D eigenvalue weighted by atomic mass is 16.5. The minimum Gasteiger partial charge on any atom is -0.493 e. The number of ketones is 1. The SMILES string of the molecule is COc1cc(C(C)=O)ccc1OCC(=O)Nc1ccon1. The zero-order valence-corrected chi connectivity index (χ0v) is 11.6. The molecule has 1 amide bonds. The van der Waals surface area contributed by atoms with Gasteiger partial charge in [-0.1, -0.05) is 5.16 Å². The molecule has 0 saturated heterocycles. The molecule has 0 unspecified atom stereocenters. The van der Waals surface area contributed by atoms with Crippen LogP contribution in [-0.2, 0) is 4.79 Å². The van der Waals surface area contributed by atoms with Gasteiger partial charge >= 0.3 is 0 Å². The van der Waals surface area contributed by atoms with Crippen LogP contribution in [0.1, 0.15) is 17.3 Å². The number of hydrogen-bond acceptors (Lipinski definition) is 6. The van der Waals surface area contributed by atoms with Crippen LogP contribution in [-0.4, -0.2) is 30.6 Å². The zero-order valence-electron chi connectivity index (χ0n) is 11.6. The summed E-state index contributed by atoms with van der Waals surface area (Å²) in [5.41, 5.74) is 0.506. The summed E-state index contributed by atoms with van der Waals surface area (Å²) in [7, 11) is 1.46. The van der Waals surface area contributed by atoms with E-state index in [9.17, 15) is 9.59 Å². The lowest BCUT2D eigenvalue weighted by Crippen LogP contribution is -2.20. The Morgan fingerprint density at radius 1 is 1.29 bits per heavy atom. The molecule has 21 heavy (non-hydrogen) atoms. The minimum absolute atomic E-state index is 0.0800. The smallest absolute Gasteiger partial charge is 0.263 e. The van der Waals surface area contributed by atoms with E-state index in [2.05, 4.69) is 15.0 Å². The van der Waals surface area contributed by atoms with Gasteiger partial charge in [-0.3, -0.25) is 9.59 Å². The molecule has 1 aromatic carbocycles. The average Bonchev–Trinajstić information content (AvgIpc) is 2.97. The highest BCUT2D eigenvalue weighted by Gasteiger charge is 2.11. The Balaban J connectivity index is 1.99. The van der Waals surface area contributed by atoms with E-state index >= 15 is 0 Å². The van der Waals surface area contributed by atoms with Gasteiger partial charge in [-0.05, 0) is 25.1 Å². The second-order valence-electron chi connectivity index (χ2n) is 4.14. The first kappa shape index (κ1) is 14.6. The van der Waals surface area contributed by atoms with Crippen LogP contribution >= 0.6 is 0 Å².